The van der Waals surface area contributed by atoms with Crippen LogP contribution < -0.4 is 5.32 Å². The number of fused-ring (bicyclic) bond motifs is 1. The van der Waals surface area contributed by atoms with E-state index in [2.05, 4.69) is 10.3 Å². The minimum Gasteiger partial charge on any atom is -0.385 e. The second kappa shape index (κ2) is 5.84. The summed E-state index contributed by atoms with van der Waals surface area (Å²) >= 11 is 6.13. The molecule has 3 nitrogen and oxygen atoms in total. The summed E-state index contributed by atoms with van der Waals surface area (Å²) in [5.74, 6) is 0.810. The van der Waals surface area contributed by atoms with Crippen LogP contribution in [0.5, 0.6) is 0 Å². The molecule has 0 amide bonds. The van der Waals surface area contributed by atoms with E-state index in [9.17, 15) is 0 Å². The maximum Gasteiger partial charge on any atom is 0.139 e. The van der Waals surface area contributed by atoms with Gasteiger partial charge in [0.2, 0.25) is 0 Å². The number of aromatic nitrogens is 1. The highest BCUT2D eigenvalue weighted by Crippen LogP contribution is 2.24. The van der Waals surface area contributed by atoms with E-state index >= 15 is 0 Å². The maximum atomic E-state index is 6.13. The predicted molar refractivity (Wildman–Crippen MR) is 71.7 cm³/mol. The topological polar surface area (TPSA) is 34.1 Å². The van der Waals surface area contributed by atoms with Gasteiger partial charge in [-0.2, -0.15) is 0 Å². The molecule has 0 saturated heterocycles. The van der Waals surface area contributed by atoms with Gasteiger partial charge < -0.3 is 10.1 Å². The van der Waals surface area contributed by atoms with Gasteiger partial charge in [-0.15, -0.1) is 0 Å². The number of halogens is 1. The number of hydrogen-bond donors (Lipinski definition) is 1. The SMILES string of the molecule is COCCCNc1cc2ccccc2c(Cl)n1. The van der Waals surface area contributed by atoms with Gasteiger partial charge in [-0.25, -0.2) is 4.98 Å². The van der Waals surface area contributed by atoms with Crippen molar-refractivity contribution < 1.29 is 4.74 Å². The molecule has 17 heavy (non-hydrogen) atoms. The molecular weight excluding hydrogens is 236 g/mol. The molecular formula is C13H15ClN2O. The first kappa shape index (κ1) is 12.1. The van der Waals surface area contributed by atoms with Crippen LogP contribution in [0.3, 0.4) is 0 Å². The number of nitrogens with one attached hydrogen (secondary N) is 1. The molecule has 2 aromatic rings. The summed E-state index contributed by atoms with van der Waals surface area (Å²) in [5.41, 5.74) is 0. The van der Waals surface area contributed by atoms with Crippen LogP contribution >= 0.6 is 11.6 Å². The minimum atomic E-state index is 0.539. The van der Waals surface area contributed by atoms with Gasteiger partial charge in [-0.3, -0.25) is 0 Å². The van der Waals surface area contributed by atoms with Crippen LogP contribution in [0.2, 0.25) is 5.15 Å². The Labute approximate surface area is 106 Å². The lowest BCUT2D eigenvalue weighted by Gasteiger charge is -2.07. The number of hydrogen-bond acceptors (Lipinski definition) is 3. The van der Waals surface area contributed by atoms with E-state index in [1.807, 2.05) is 30.3 Å². The van der Waals surface area contributed by atoms with Crippen molar-refractivity contribution in [2.45, 2.75) is 6.42 Å². The third-order valence-electron chi connectivity index (χ3n) is 2.53. The molecule has 1 N–H and O–H groups in total. The Balaban J connectivity index is 2.13. The first-order chi connectivity index (χ1) is 8.31. The van der Waals surface area contributed by atoms with Gasteiger partial charge in [0.15, 0.2) is 0 Å². The van der Waals surface area contributed by atoms with Gasteiger partial charge in [0.25, 0.3) is 0 Å². The van der Waals surface area contributed by atoms with Crippen LogP contribution in [0.1, 0.15) is 6.42 Å². The van der Waals surface area contributed by atoms with Crippen LogP contribution in [0.15, 0.2) is 30.3 Å². The highest BCUT2D eigenvalue weighted by Gasteiger charge is 2.02. The molecule has 0 aliphatic rings. The number of anilines is 1. The Kier molecular flexibility index (Phi) is 4.18. The third kappa shape index (κ3) is 3.08. The monoisotopic (exact) mass is 250 g/mol. The van der Waals surface area contributed by atoms with Crippen molar-refractivity contribution in [3.05, 3.63) is 35.5 Å². The average Bonchev–Trinajstić information content (AvgIpc) is 2.35. The van der Waals surface area contributed by atoms with Gasteiger partial charge >= 0.3 is 0 Å². The van der Waals surface area contributed by atoms with E-state index in [1.165, 1.54) is 0 Å². The van der Waals surface area contributed by atoms with E-state index in [0.717, 1.165) is 36.2 Å². The van der Waals surface area contributed by atoms with Gasteiger partial charge in [0, 0.05) is 25.6 Å². The molecule has 0 unspecified atom stereocenters. The van der Waals surface area contributed by atoms with Gasteiger partial charge in [0.1, 0.15) is 11.0 Å². The van der Waals surface area contributed by atoms with Gasteiger partial charge in [0.05, 0.1) is 0 Å². The summed E-state index contributed by atoms with van der Waals surface area (Å²) < 4.78 is 4.99. The first-order valence-electron chi connectivity index (χ1n) is 5.59. The number of benzene rings is 1. The molecule has 0 saturated carbocycles. The van der Waals surface area contributed by atoms with Crippen molar-refractivity contribution in [2.24, 2.45) is 0 Å². The number of pyridine rings is 1. The third-order valence-corrected chi connectivity index (χ3v) is 2.81. The summed E-state index contributed by atoms with van der Waals surface area (Å²) in [6.45, 7) is 1.57. The van der Waals surface area contributed by atoms with Crippen molar-refractivity contribution >= 4 is 28.2 Å². The fourth-order valence-electron chi connectivity index (χ4n) is 1.68. The molecule has 0 bridgehead atoms. The molecule has 90 valence electrons. The normalized spacial score (nSPS) is 10.7. The van der Waals surface area contributed by atoms with Crippen molar-refractivity contribution in [2.75, 3.05) is 25.6 Å². The number of ether oxygens (including phenoxy) is 1. The van der Waals surface area contributed by atoms with Gasteiger partial charge in [-0.05, 0) is 17.9 Å². The van der Waals surface area contributed by atoms with Crippen LogP contribution in [-0.4, -0.2) is 25.2 Å². The predicted octanol–water partition coefficient (Wildman–Crippen LogP) is 3.34. The fourth-order valence-corrected chi connectivity index (χ4v) is 1.94. The quantitative estimate of drug-likeness (QED) is 0.653. The largest absolute Gasteiger partial charge is 0.385 e. The summed E-state index contributed by atoms with van der Waals surface area (Å²) in [6, 6.07) is 9.96. The molecule has 0 spiro atoms. The Hall–Kier alpha value is -1.32. The smallest absolute Gasteiger partial charge is 0.139 e. The molecule has 0 aliphatic heterocycles. The zero-order chi connectivity index (χ0) is 12.1. The molecule has 1 aromatic heterocycles. The summed E-state index contributed by atoms with van der Waals surface area (Å²) in [7, 11) is 1.70. The van der Waals surface area contributed by atoms with Crippen LogP contribution in [0, 0.1) is 0 Å². The molecule has 2 rings (SSSR count). The minimum absolute atomic E-state index is 0.539. The molecule has 1 heterocycles. The Morgan fingerprint density at radius 1 is 1.35 bits per heavy atom. The number of methoxy groups -OCH3 is 1. The Morgan fingerprint density at radius 2 is 2.18 bits per heavy atom. The van der Waals surface area contributed by atoms with Crippen LogP contribution in [0.4, 0.5) is 5.82 Å². The highest BCUT2D eigenvalue weighted by atomic mass is 35.5. The molecule has 0 aliphatic carbocycles. The summed E-state index contributed by atoms with van der Waals surface area (Å²) in [5, 5.41) is 5.86. The van der Waals surface area contributed by atoms with Crippen molar-refractivity contribution in [3.63, 3.8) is 0 Å². The van der Waals surface area contributed by atoms with Gasteiger partial charge in [-0.1, -0.05) is 35.9 Å². The lowest BCUT2D eigenvalue weighted by atomic mass is 10.2. The Morgan fingerprint density at radius 3 is 3.00 bits per heavy atom. The highest BCUT2D eigenvalue weighted by molar-refractivity contribution is 6.34. The molecule has 0 radical (unpaired) electrons. The zero-order valence-electron chi connectivity index (χ0n) is 9.74. The van der Waals surface area contributed by atoms with E-state index in [-0.39, 0.29) is 0 Å². The van der Waals surface area contributed by atoms with E-state index in [0.29, 0.717) is 5.15 Å². The lowest BCUT2D eigenvalue weighted by molar-refractivity contribution is 0.198. The fraction of sp³-hybridized carbons (Fsp3) is 0.308. The standard InChI is InChI=1S/C13H15ClN2O/c1-17-8-4-7-15-12-9-10-5-2-3-6-11(10)13(14)16-12/h2-3,5-6,9H,4,7-8H2,1H3,(H,15,16). The molecule has 1 aromatic carbocycles. The first-order valence-corrected chi connectivity index (χ1v) is 5.97. The molecule has 0 fully saturated rings. The average molecular weight is 251 g/mol. The van der Waals surface area contributed by atoms with Crippen molar-refractivity contribution in [1.29, 1.82) is 0 Å². The van der Waals surface area contributed by atoms with Crippen LogP contribution in [-0.2, 0) is 4.74 Å². The second-order valence-corrected chi connectivity index (χ2v) is 4.15. The van der Waals surface area contributed by atoms with E-state index in [1.54, 1.807) is 7.11 Å². The van der Waals surface area contributed by atoms with E-state index < -0.39 is 0 Å². The van der Waals surface area contributed by atoms with E-state index in [4.69, 9.17) is 16.3 Å². The zero-order valence-corrected chi connectivity index (χ0v) is 10.5. The van der Waals surface area contributed by atoms with Crippen molar-refractivity contribution in [1.82, 2.24) is 4.98 Å². The number of nitrogens with zero attached hydrogens (tertiary/aromatic N) is 1. The van der Waals surface area contributed by atoms with Crippen LogP contribution in [0.25, 0.3) is 10.8 Å². The van der Waals surface area contributed by atoms with Crippen molar-refractivity contribution in [3.8, 4) is 0 Å². The summed E-state index contributed by atoms with van der Waals surface area (Å²) in [4.78, 5) is 4.31. The summed E-state index contributed by atoms with van der Waals surface area (Å²) in [6.07, 6.45) is 0.947. The molecule has 4 heteroatoms. The maximum absolute atomic E-state index is 6.13. The number of rotatable bonds is 5. The second-order valence-electron chi connectivity index (χ2n) is 3.79. The molecule has 0 atom stereocenters. The lowest BCUT2D eigenvalue weighted by Crippen LogP contribution is -2.06. The Bertz CT molecular complexity index is 502.